The molecule has 2 rings (SSSR count). The second kappa shape index (κ2) is 2.74. The molecule has 0 saturated heterocycles. The third-order valence-corrected chi connectivity index (χ3v) is 5.05. The number of nitrogens with one attached hydrogen (secondary N) is 1. The minimum absolute atomic E-state index is 0.100. The first-order valence-corrected chi connectivity index (χ1v) is 5.68. The molecule has 1 N–H and O–H groups in total. The van der Waals surface area contributed by atoms with Gasteiger partial charge in [-0.15, -0.1) is 0 Å². The average molecular weight is 195 g/mol. The highest BCUT2D eigenvalue weighted by atomic mass is 16.1. The zero-order valence-corrected chi connectivity index (χ0v) is 9.68. The molecule has 0 heterocycles. The molecule has 0 aliphatic heterocycles. The molecule has 0 aromatic heterocycles. The molecule has 2 aliphatic carbocycles. The molecule has 1 amide bonds. The predicted molar refractivity (Wildman–Crippen MR) is 56.8 cm³/mol. The Labute approximate surface area is 86.5 Å². The lowest BCUT2D eigenvalue weighted by Crippen LogP contribution is -2.55. The molecule has 2 saturated carbocycles. The number of fused-ring (bicyclic) bond motifs is 2. The summed E-state index contributed by atoms with van der Waals surface area (Å²) < 4.78 is 0. The minimum Gasteiger partial charge on any atom is -0.350 e. The van der Waals surface area contributed by atoms with Gasteiger partial charge in [0.2, 0.25) is 5.91 Å². The highest BCUT2D eigenvalue weighted by Crippen LogP contribution is 2.61. The van der Waals surface area contributed by atoms with E-state index in [4.69, 9.17) is 0 Å². The number of hydrogen-bond acceptors (Lipinski definition) is 1. The van der Waals surface area contributed by atoms with E-state index in [9.17, 15) is 4.79 Å². The fourth-order valence-corrected chi connectivity index (χ4v) is 3.73. The normalized spacial score (nSPS) is 44.0. The highest BCUT2D eigenvalue weighted by Gasteiger charge is 2.61. The molecular formula is C12H21NO. The van der Waals surface area contributed by atoms with E-state index in [1.165, 1.54) is 19.3 Å². The molecule has 2 aliphatic rings. The maximum absolute atomic E-state index is 11.3. The molecule has 2 fully saturated rings. The van der Waals surface area contributed by atoms with Gasteiger partial charge in [0.05, 0.1) is 0 Å². The van der Waals surface area contributed by atoms with Crippen LogP contribution in [0.3, 0.4) is 0 Å². The van der Waals surface area contributed by atoms with Gasteiger partial charge in [0, 0.05) is 12.5 Å². The van der Waals surface area contributed by atoms with Gasteiger partial charge in [-0.2, -0.15) is 0 Å². The molecule has 0 spiro atoms. The summed E-state index contributed by atoms with van der Waals surface area (Å²) in [6.07, 6.45) is 3.67. The van der Waals surface area contributed by atoms with Crippen molar-refractivity contribution in [2.75, 3.05) is 0 Å². The zero-order chi connectivity index (χ0) is 10.6. The summed E-state index contributed by atoms with van der Waals surface area (Å²) in [4.78, 5) is 11.3. The molecule has 1 unspecified atom stereocenters. The highest BCUT2D eigenvalue weighted by molar-refractivity contribution is 5.74. The monoisotopic (exact) mass is 195 g/mol. The Morgan fingerprint density at radius 3 is 2.50 bits per heavy atom. The quantitative estimate of drug-likeness (QED) is 0.683. The van der Waals surface area contributed by atoms with Gasteiger partial charge < -0.3 is 5.32 Å². The zero-order valence-electron chi connectivity index (χ0n) is 9.68. The molecule has 3 atom stereocenters. The van der Waals surface area contributed by atoms with Crippen LogP contribution in [-0.2, 0) is 4.79 Å². The van der Waals surface area contributed by atoms with Crippen LogP contribution >= 0.6 is 0 Å². The number of amides is 1. The first-order valence-electron chi connectivity index (χ1n) is 5.68. The fourth-order valence-electron chi connectivity index (χ4n) is 3.73. The molecule has 0 radical (unpaired) electrons. The second-order valence-corrected chi connectivity index (χ2v) is 5.78. The number of carbonyl (C=O) groups excluding carboxylic acids is 1. The van der Waals surface area contributed by atoms with Gasteiger partial charge in [0.25, 0.3) is 0 Å². The lowest BCUT2D eigenvalue weighted by molar-refractivity contribution is -0.122. The van der Waals surface area contributed by atoms with E-state index >= 15 is 0 Å². The molecule has 0 aromatic rings. The van der Waals surface area contributed by atoms with Crippen molar-refractivity contribution in [2.45, 2.75) is 52.5 Å². The largest absolute Gasteiger partial charge is 0.350 e. The van der Waals surface area contributed by atoms with Crippen molar-refractivity contribution < 1.29 is 4.79 Å². The Balaban J connectivity index is 2.30. The molecule has 0 aromatic carbocycles. The van der Waals surface area contributed by atoms with Crippen molar-refractivity contribution in [3.63, 3.8) is 0 Å². The first kappa shape index (κ1) is 10.0. The van der Waals surface area contributed by atoms with Crippen molar-refractivity contribution in [3.8, 4) is 0 Å². The molecule has 2 bridgehead atoms. The van der Waals surface area contributed by atoms with E-state index in [0.717, 1.165) is 11.8 Å². The Morgan fingerprint density at radius 1 is 1.43 bits per heavy atom. The van der Waals surface area contributed by atoms with Crippen LogP contribution in [-0.4, -0.2) is 11.4 Å². The lowest BCUT2D eigenvalue weighted by Gasteiger charge is -2.45. The summed E-state index contributed by atoms with van der Waals surface area (Å²) in [6.45, 7) is 8.61. The van der Waals surface area contributed by atoms with Crippen molar-refractivity contribution in [3.05, 3.63) is 0 Å². The topological polar surface area (TPSA) is 29.1 Å². The first-order chi connectivity index (χ1) is 6.39. The van der Waals surface area contributed by atoms with Crippen LogP contribution in [0.1, 0.15) is 47.0 Å². The van der Waals surface area contributed by atoms with E-state index in [0.29, 0.717) is 0 Å². The van der Waals surface area contributed by atoms with E-state index in [1.54, 1.807) is 6.92 Å². The summed E-state index contributed by atoms with van der Waals surface area (Å²) in [5, 5.41) is 3.23. The van der Waals surface area contributed by atoms with Gasteiger partial charge in [0.15, 0.2) is 0 Å². The predicted octanol–water partition coefficient (Wildman–Crippen LogP) is 2.34. The van der Waals surface area contributed by atoms with E-state index in [-0.39, 0.29) is 16.9 Å². The standard InChI is InChI=1S/C12H21NO/c1-8-10-5-6-12(7-10,11(8,3)4)13-9(2)14/h8,10H,5-7H2,1-4H3,(H,13,14)/t8?,10-,12-/m1/s1. The SMILES string of the molecule is CC(=O)N[C@]12CC[C@H](C1)C(C)C2(C)C. The van der Waals surface area contributed by atoms with Crippen molar-refractivity contribution in [1.82, 2.24) is 5.32 Å². The fraction of sp³-hybridized carbons (Fsp3) is 0.917. The minimum atomic E-state index is 0.100. The molecule has 2 heteroatoms. The lowest BCUT2D eigenvalue weighted by atomic mass is 9.65. The molecule has 14 heavy (non-hydrogen) atoms. The second-order valence-electron chi connectivity index (χ2n) is 5.78. The van der Waals surface area contributed by atoms with Gasteiger partial charge in [-0.25, -0.2) is 0 Å². The van der Waals surface area contributed by atoms with E-state index in [1.807, 2.05) is 0 Å². The summed E-state index contributed by atoms with van der Waals surface area (Å²) in [7, 11) is 0. The third kappa shape index (κ3) is 1.06. The van der Waals surface area contributed by atoms with Crippen LogP contribution in [0.15, 0.2) is 0 Å². The number of carbonyl (C=O) groups is 1. The van der Waals surface area contributed by atoms with Gasteiger partial charge in [-0.1, -0.05) is 20.8 Å². The van der Waals surface area contributed by atoms with Gasteiger partial charge >= 0.3 is 0 Å². The van der Waals surface area contributed by atoms with Crippen LogP contribution in [0.4, 0.5) is 0 Å². The Morgan fingerprint density at radius 2 is 2.07 bits per heavy atom. The Kier molecular flexibility index (Phi) is 1.96. The smallest absolute Gasteiger partial charge is 0.217 e. The maximum Gasteiger partial charge on any atom is 0.217 e. The Bertz CT molecular complexity index is 271. The van der Waals surface area contributed by atoms with Crippen LogP contribution in [0.2, 0.25) is 0 Å². The maximum atomic E-state index is 11.3. The summed E-state index contributed by atoms with van der Waals surface area (Å²) in [5.41, 5.74) is 0.366. The average Bonchev–Trinajstić information content (AvgIpc) is 2.52. The van der Waals surface area contributed by atoms with Crippen LogP contribution in [0.5, 0.6) is 0 Å². The van der Waals surface area contributed by atoms with Crippen LogP contribution in [0, 0.1) is 17.3 Å². The van der Waals surface area contributed by atoms with Crippen LogP contribution < -0.4 is 5.32 Å². The molecule has 2 nitrogen and oxygen atoms in total. The summed E-state index contributed by atoms with van der Waals surface area (Å²) in [5.74, 6) is 1.70. The number of hydrogen-bond donors (Lipinski definition) is 1. The van der Waals surface area contributed by atoms with Crippen molar-refractivity contribution in [2.24, 2.45) is 17.3 Å². The van der Waals surface area contributed by atoms with E-state index in [2.05, 4.69) is 26.1 Å². The van der Waals surface area contributed by atoms with Gasteiger partial charge in [-0.3, -0.25) is 4.79 Å². The van der Waals surface area contributed by atoms with Crippen molar-refractivity contribution in [1.29, 1.82) is 0 Å². The van der Waals surface area contributed by atoms with Gasteiger partial charge in [-0.05, 0) is 36.5 Å². The summed E-state index contributed by atoms with van der Waals surface area (Å²) >= 11 is 0. The molecule has 80 valence electrons. The third-order valence-electron chi connectivity index (χ3n) is 5.05. The summed E-state index contributed by atoms with van der Waals surface area (Å²) in [6, 6.07) is 0. The number of rotatable bonds is 1. The van der Waals surface area contributed by atoms with Gasteiger partial charge in [0.1, 0.15) is 0 Å². The van der Waals surface area contributed by atoms with Crippen LogP contribution in [0.25, 0.3) is 0 Å². The Hall–Kier alpha value is -0.530. The van der Waals surface area contributed by atoms with Crippen molar-refractivity contribution >= 4 is 5.91 Å². The molecular weight excluding hydrogens is 174 g/mol. The van der Waals surface area contributed by atoms with E-state index < -0.39 is 0 Å².